The molecule has 0 fully saturated rings. The van der Waals surface area contributed by atoms with Crippen molar-refractivity contribution in [2.45, 2.75) is 90.2 Å². The van der Waals surface area contributed by atoms with E-state index in [1.807, 2.05) is 4.57 Å². The molecule has 0 spiro atoms. The number of hydrogen-bond donors (Lipinski definition) is 1. The average Bonchev–Trinajstić information content (AvgIpc) is 3.08. The minimum atomic E-state index is -3.67. The Bertz CT molecular complexity index is 668. The maximum absolute atomic E-state index is 12.6. The van der Waals surface area contributed by atoms with E-state index in [-0.39, 0.29) is 0 Å². The Morgan fingerprint density at radius 1 is 1.11 bits per heavy atom. The summed E-state index contributed by atoms with van der Waals surface area (Å²) in [5, 5.41) is 10.3. The molecule has 162 valence electrons. The van der Waals surface area contributed by atoms with Gasteiger partial charge in [0.1, 0.15) is 12.3 Å². The van der Waals surface area contributed by atoms with E-state index < -0.39 is 16.3 Å². The molecule has 1 atom stereocenters. The maximum atomic E-state index is 12.6. The predicted octanol–water partition coefficient (Wildman–Crippen LogP) is 3.96. The van der Waals surface area contributed by atoms with E-state index in [0.29, 0.717) is 12.1 Å². The summed E-state index contributed by atoms with van der Waals surface area (Å²) in [7, 11) is -0.684. The molecule has 0 radical (unpaired) electrons. The van der Waals surface area contributed by atoms with Crippen LogP contribution in [0.3, 0.4) is 0 Å². The van der Waals surface area contributed by atoms with Gasteiger partial charge in [0.25, 0.3) is 6.33 Å². The number of unbranched alkanes of at least 4 members (excludes halogenated alkanes) is 9. The Kier molecular flexibility index (Phi) is 11.6. The van der Waals surface area contributed by atoms with Crippen molar-refractivity contribution in [1.29, 1.82) is 0 Å². The summed E-state index contributed by atoms with van der Waals surface area (Å²) in [5.41, 5.74) is 0.376. The molecule has 6 nitrogen and oxygen atoms in total. The molecule has 0 aliphatic rings. The molecule has 1 aromatic heterocycles. The first-order valence-electron chi connectivity index (χ1n) is 10.7. The van der Waals surface area contributed by atoms with Crippen LogP contribution in [0.1, 0.15) is 89.4 Å². The summed E-state index contributed by atoms with van der Waals surface area (Å²) in [6, 6.07) is 0. The summed E-state index contributed by atoms with van der Waals surface area (Å²) >= 11 is 0. The van der Waals surface area contributed by atoms with Gasteiger partial charge in [-0.15, -0.1) is 10.6 Å². The van der Waals surface area contributed by atoms with Gasteiger partial charge in [0.15, 0.2) is 5.69 Å². The molecular formula is C21H40N3O3S+. The van der Waals surface area contributed by atoms with E-state index >= 15 is 0 Å². The van der Waals surface area contributed by atoms with E-state index in [9.17, 15) is 13.5 Å². The fraction of sp³-hybridized carbons (Fsp3) is 0.762. The molecule has 1 heterocycles. The molecule has 0 saturated carbocycles. The summed E-state index contributed by atoms with van der Waals surface area (Å²) in [4.78, 5) is 0. The molecule has 0 aliphatic heterocycles. The van der Waals surface area contributed by atoms with Crippen LogP contribution in [0.15, 0.2) is 25.2 Å². The number of aliphatic hydroxyl groups excluding tert-OH is 1. The van der Waals surface area contributed by atoms with Crippen molar-refractivity contribution in [3.05, 3.63) is 30.9 Å². The van der Waals surface area contributed by atoms with Crippen molar-refractivity contribution in [1.82, 2.24) is 8.28 Å². The van der Waals surface area contributed by atoms with Crippen LogP contribution in [0, 0.1) is 0 Å². The monoisotopic (exact) mass is 414 g/mol. The number of aliphatic hydroxyl groups is 1. The fourth-order valence-electron chi connectivity index (χ4n) is 3.25. The second kappa shape index (κ2) is 13.1. The Morgan fingerprint density at radius 3 is 2.14 bits per heavy atom. The highest BCUT2D eigenvalue weighted by molar-refractivity contribution is 7.87. The summed E-state index contributed by atoms with van der Waals surface area (Å²) in [5.74, 6) is 0. The Morgan fingerprint density at radius 2 is 1.64 bits per heavy atom. The number of imidazole rings is 1. The van der Waals surface area contributed by atoms with Crippen LogP contribution >= 0.6 is 0 Å². The number of rotatable bonds is 16. The van der Waals surface area contributed by atoms with Crippen LogP contribution in [0.25, 0.3) is 0 Å². The van der Waals surface area contributed by atoms with Crippen LogP contribution < -0.4 is 4.57 Å². The molecular weight excluding hydrogens is 374 g/mol. The van der Waals surface area contributed by atoms with Crippen LogP contribution in [0.2, 0.25) is 0 Å². The molecule has 0 aliphatic carbocycles. The maximum Gasteiger partial charge on any atom is 0.379 e. The van der Waals surface area contributed by atoms with Crippen LogP contribution in [-0.2, 0) is 16.8 Å². The van der Waals surface area contributed by atoms with Gasteiger partial charge in [-0.1, -0.05) is 64.4 Å². The summed E-state index contributed by atoms with van der Waals surface area (Å²) in [6.07, 6.45) is 17.0. The molecule has 0 aromatic carbocycles. The highest BCUT2D eigenvalue weighted by Crippen LogP contribution is 2.19. The third-order valence-electron chi connectivity index (χ3n) is 5.02. The Hall–Kier alpha value is -1.18. The highest BCUT2D eigenvalue weighted by atomic mass is 32.2. The number of aryl methyl sites for hydroxylation is 1. The summed E-state index contributed by atoms with van der Waals surface area (Å²) in [6.45, 7) is 6.62. The van der Waals surface area contributed by atoms with Crippen molar-refractivity contribution < 1.29 is 18.1 Å². The van der Waals surface area contributed by atoms with E-state index in [1.165, 1.54) is 69.4 Å². The molecule has 0 saturated heterocycles. The van der Waals surface area contributed by atoms with E-state index in [0.717, 1.165) is 23.7 Å². The first-order valence-corrected chi connectivity index (χ1v) is 12.1. The molecule has 1 aromatic rings. The minimum absolute atomic E-state index is 0.311. The van der Waals surface area contributed by atoms with Crippen molar-refractivity contribution in [2.75, 3.05) is 14.1 Å². The fourth-order valence-corrected chi connectivity index (χ4v) is 4.27. The van der Waals surface area contributed by atoms with Crippen molar-refractivity contribution >= 4 is 10.2 Å². The lowest BCUT2D eigenvalue weighted by Gasteiger charge is -2.10. The van der Waals surface area contributed by atoms with E-state index in [1.54, 1.807) is 18.6 Å². The largest absolute Gasteiger partial charge is 0.384 e. The van der Waals surface area contributed by atoms with Crippen molar-refractivity contribution in [2.24, 2.45) is 0 Å². The zero-order valence-electron chi connectivity index (χ0n) is 18.0. The van der Waals surface area contributed by atoms with Gasteiger partial charge in [0.05, 0.1) is 6.54 Å². The zero-order chi connectivity index (χ0) is 21.0. The lowest BCUT2D eigenvalue weighted by atomic mass is 10.1. The van der Waals surface area contributed by atoms with Crippen molar-refractivity contribution in [3.8, 4) is 0 Å². The average molecular weight is 415 g/mol. The van der Waals surface area contributed by atoms with Gasteiger partial charge in [-0.2, -0.15) is 12.7 Å². The van der Waals surface area contributed by atoms with Crippen molar-refractivity contribution in [3.63, 3.8) is 0 Å². The Balaban J connectivity index is 2.52. The second-order valence-corrected chi connectivity index (χ2v) is 9.73. The minimum Gasteiger partial charge on any atom is -0.384 e. The smallest absolute Gasteiger partial charge is 0.379 e. The van der Waals surface area contributed by atoms with Gasteiger partial charge >= 0.3 is 10.2 Å². The lowest BCUT2D eigenvalue weighted by Crippen LogP contribution is -2.34. The highest BCUT2D eigenvalue weighted by Gasteiger charge is 2.31. The van der Waals surface area contributed by atoms with E-state index in [2.05, 4.69) is 13.5 Å². The first-order chi connectivity index (χ1) is 13.3. The molecule has 28 heavy (non-hydrogen) atoms. The third kappa shape index (κ3) is 8.05. The first kappa shape index (κ1) is 24.9. The predicted molar refractivity (Wildman–Crippen MR) is 114 cm³/mol. The zero-order valence-corrected chi connectivity index (χ0v) is 18.8. The molecule has 7 heteroatoms. The van der Waals surface area contributed by atoms with Gasteiger partial charge in [-0.05, 0) is 19.3 Å². The standard InChI is InChI=1S/C21H40N3O3S/c1-5-7-8-9-10-11-12-13-14-15-17-23-18-20(21(25)16-6-2)24(19-23)28(26,27)22(3)4/h6,18-19,21,25H,2,5,7-17H2,1,3-4H3/q+1. The SMILES string of the molecule is C=CCC(O)c1c[n+](CCCCCCCCCCCC)cn1S(=O)(=O)N(C)C. The molecule has 0 amide bonds. The summed E-state index contributed by atoms with van der Waals surface area (Å²) < 4.78 is 29.3. The van der Waals surface area contributed by atoms with Gasteiger partial charge in [-0.25, -0.2) is 4.57 Å². The van der Waals surface area contributed by atoms with Crippen LogP contribution in [0.4, 0.5) is 0 Å². The van der Waals surface area contributed by atoms with Gasteiger partial charge in [-0.3, -0.25) is 0 Å². The Labute approximate surface area is 172 Å². The number of nitrogens with zero attached hydrogens (tertiary/aromatic N) is 3. The quantitative estimate of drug-likeness (QED) is 0.253. The second-order valence-electron chi connectivity index (χ2n) is 7.72. The molecule has 1 unspecified atom stereocenters. The van der Waals surface area contributed by atoms with E-state index in [4.69, 9.17) is 0 Å². The van der Waals surface area contributed by atoms with Crippen LogP contribution in [-0.4, -0.2) is 35.9 Å². The molecule has 0 bridgehead atoms. The van der Waals surface area contributed by atoms with Gasteiger partial charge in [0.2, 0.25) is 0 Å². The number of hydrogen-bond acceptors (Lipinski definition) is 3. The van der Waals surface area contributed by atoms with Gasteiger partial charge < -0.3 is 5.11 Å². The number of aromatic nitrogens is 2. The van der Waals surface area contributed by atoms with Crippen LogP contribution in [0.5, 0.6) is 0 Å². The third-order valence-corrected chi connectivity index (χ3v) is 6.74. The molecule has 1 rings (SSSR count). The lowest BCUT2D eigenvalue weighted by molar-refractivity contribution is -0.696. The topological polar surface area (TPSA) is 66.4 Å². The van der Waals surface area contributed by atoms with Gasteiger partial charge in [0, 0.05) is 14.1 Å². The normalized spacial score (nSPS) is 13.2. The molecule has 1 N–H and O–H groups in total.